The Kier molecular flexibility index (Phi) is 6.14. The first-order valence-electron chi connectivity index (χ1n) is 9.62. The standard InChI is InChI=1S/C22H19ClN4O3S2/c1-14(15-6-4-3-5-7-15)27(2)22(28)17-12-16(23)8-9-19(17)26-32(29,30)21-18-13-25-31-20(18)10-11-24-21/h3-14,26H,1-2H3/t14-/m1/s1. The first-order chi connectivity index (χ1) is 15.3. The van der Waals surface area contributed by atoms with Crippen LogP contribution in [-0.4, -0.2) is 35.6 Å². The molecule has 0 unspecified atom stereocenters. The monoisotopic (exact) mass is 486 g/mol. The molecule has 10 heteroatoms. The van der Waals surface area contributed by atoms with Gasteiger partial charge in [-0.05, 0) is 48.3 Å². The minimum atomic E-state index is -4.09. The number of fused-ring (bicyclic) bond motifs is 1. The Morgan fingerprint density at radius 3 is 2.66 bits per heavy atom. The molecule has 7 nitrogen and oxygen atoms in total. The molecule has 32 heavy (non-hydrogen) atoms. The number of pyridine rings is 1. The lowest BCUT2D eigenvalue weighted by atomic mass is 10.1. The highest BCUT2D eigenvalue weighted by atomic mass is 35.5. The Labute approximate surface area is 194 Å². The van der Waals surface area contributed by atoms with Crippen molar-refractivity contribution in [2.75, 3.05) is 11.8 Å². The van der Waals surface area contributed by atoms with Crippen LogP contribution in [0.25, 0.3) is 10.1 Å². The summed E-state index contributed by atoms with van der Waals surface area (Å²) in [6.45, 7) is 1.90. The Morgan fingerprint density at radius 2 is 1.91 bits per heavy atom. The van der Waals surface area contributed by atoms with Gasteiger partial charge < -0.3 is 4.90 Å². The number of nitrogens with zero attached hydrogens (tertiary/aromatic N) is 3. The van der Waals surface area contributed by atoms with Crippen molar-refractivity contribution in [2.45, 2.75) is 18.0 Å². The second kappa shape index (κ2) is 8.85. The van der Waals surface area contributed by atoms with Crippen LogP contribution in [0.1, 0.15) is 28.9 Å². The average Bonchev–Trinajstić information content (AvgIpc) is 3.28. The van der Waals surface area contributed by atoms with Crippen molar-refractivity contribution in [3.63, 3.8) is 0 Å². The van der Waals surface area contributed by atoms with Crippen LogP contribution in [0.15, 0.2) is 72.0 Å². The van der Waals surface area contributed by atoms with Crippen LogP contribution in [0.2, 0.25) is 5.02 Å². The number of hydrogen-bond acceptors (Lipinski definition) is 6. The van der Waals surface area contributed by atoms with E-state index in [2.05, 4.69) is 14.1 Å². The molecule has 4 aromatic rings. The number of hydrogen-bond donors (Lipinski definition) is 1. The van der Waals surface area contributed by atoms with E-state index in [1.54, 1.807) is 18.0 Å². The molecule has 0 saturated carbocycles. The fraction of sp³-hybridized carbons (Fsp3) is 0.136. The second-order valence-electron chi connectivity index (χ2n) is 7.15. The largest absolute Gasteiger partial charge is 0.335 e. The lowest BCUT2D eigenvalue weighted by Crippen LogP contribution is -2.30. The van der Waals surface area contributed by atoms with E-state index in [0.717, 1.165) is 5.56 Å². The zero-order chi connectivity index (χ0) is 22.9. The van der Waals surface area contributed by atoms with E-state index in [-0.39, 0.29) is 28.2 Å². The number of sulfonamides is 1. The van der Waals surface area contributed by atoms with Gasteiger partial charge in [0.1, 0.15) is 0 Å². The summed E-state index contributed by atoms with van der Waals surface area (Å²) in [5, 5.41) is 0.587. The minimum Gasteiger partial charge on any atom is -0.335 e. The van der Waals surface area contributed by atoms with E-state index < -0.39 is 10.0 Å². The predicted octanol–water partition coefficient (Wildman–Crippen LogP) is 4.98. The van der Waals surface area contributed by atoms with Crippen molar-refractivity contribution in [1.29, 1.82) is 0 Å². The first kappa shape index (κ1) is 22.2. The van der Waals surface area contributed by atoms with Gasteiger partial charge in [-0.1, -0.05) is 41.9 Å². The highest BCUT2D eigenvalue weighted by Gasteiger charge is 2.26. The summed E-state index contributed by atoms with van der Waals surface area (Å²) in [4.78, 5) is 18.9. The molecule has 4 rings (SSSR count). The highest BCUT2D eigenvalue weighted by molar-refractivity contribution is 7.92. The maximum absolute atomic E-state index is 13.3. The topological polar surface area (TPSA) is 92.3 Å². The van der Waals surface area contributed by atoms with Crippen LogP contribution in [0.4, 0.5) is 5.69 Å². The van der Waals surface area contributed by atoms with Crippen LogP contribution in [-0.2, 0) is 10.0 Å². The third kappa shape index (κ3) is 4.32. The Bertz CT molecular complexity index is 1390. The lowest BCUT2D eigenvalue weighted by molar-refractivity contribution is 0.0743. The molecule has 2 heterocycles. The van der Waals surface area contributed by atoms with Crippen LogP contribution < -0.4 is 4.72 Å². The van der Waals surface area contributed by atoms with Crippen molar-refractivity contribution in [3.05, 3.63) is 83.1 Å². The van der Waals surface area contributed by atoms with E-state index in [9.17, 15) is 13.2 Å². The summed E-state index contributed by atoms with van der Waals surface area (Å²) in [6, 6.07) is 15.5. The van der Waals surface area contributed by atoms with Crippen LogP contribution in [0.5, 0.6) is 0 Å². The summed E-state index contributed by atoms with van der Waals surface area (Å²) >= 11 is 7.33. The molecule has 2 aromatic carbocycles. The summed E-state index contributed by atoms with van der Waals surface area (Å²) in [6.07, 6.45) is 2.88. The molecule has 0 saturated heterocycles. The molecule has 0 aliphatic rings. The maximum Gasteiger partial charge on any atom is 0.280 e. The van der Waals surface area contributed by atoms with E-state index in [1.807, 2.05) is 37.3 Å². The summed E-state index contributed by atoms with van der Waals surface area (Å²) in [7, 11) is -2.42. The lowest BCUT2D eigenvalue weighted by Gasteiger charge is -2.26. The Hall–Kier alpha value is -3.01. The Morgan fingerprint density at radius 1 is 1.16 bits per heavy atom. The van der Waals surface area contributed by atoms with Crippen molar-refractivity contribution in [3.8, 4) is 0 Å². The predicted molar refractivity (Wildman–Crippen MR) is 127 cm³/mol. The van der Waals surface area contributed by atoms with Crippen LogP contribution in [0.3, 0.4) is 0 Å². The molecule has 0 aliphatic carbocycles. The smallest absolute Gasteiger partial charge is 0.280 e. The van der Waals surface area contributed by atoms with Gasteiger partial charge in [-0.2, -0.15) is 12.8 Å². The number of carbonyl (C=O) groups is 1. The third-order valence-corrected chi connectivity index (χ3v) is 7.46. The summed E-state index contributed by atoms with van der Waals surface area (Å²) in [5.74, 6) is -0.370. The molecule has 0 radical (unpaired) electrons. The van der Waals surface area contributed by atoms with Crippen molar-refractivity contribution >= 4 is 54.8 Å². The molecule has 1 N–H and O–H groups in total. The van der Waals surface area contributed by atoms with E-state index in [0.29, 0.717) is 15.1 Å². The third-order valence-electron chi connectivity index (χ3n) is 5.14. The molecular formula is C22H19ClN4O3S2. The zero-order valence-corrected chi connectivity index (χ0v) is 19.6. The number of nitrogens with one attached hydrogen (secondary N) is 1. The molecule has 1 amide bonds. The number of amides is 1. The summed E-state index contributed by atoms with van der Waals surface area (Å²) in [5.41, 5.74) is 1.21. The number of anilines is 1. The highest BCUT2D eigenvalue weighted by Crippen LogP contribution is 2.29. The van der Waals surface area contributed by atoms with E-state index in [1.165, 1.54) is 42.1 Å². The van der Waals surface area contributed by atoms with Crippen LogP contribution in [0, 0.1) is 0 Å². The van der Waals surface area contributed by atoms with Gasteiger partial charge in [-0.25, -0.2) is 4.98 Å². The fourth-order valence-electron chi connectivity index (χ4n) is 3.28. The number of rotatable bonds is 6. The van der Waals surface area contributed by atoms with Gasteiger partial charge in [0.05, 0.1) is 33.6 Å². The van der Waals surface area contributed by atoms with Crippen molar-refractivity contribution in [2.24, 2.45) is 0 Å². The second-order valence-corrected chi connectivity index (χ2v) is 10.0. The molecule has 0 bridgehead atoms. The molecular weight excluding hydrogens is 468 g/mol. The molecule has 0 aliphatic heterocycles. The van der Waals surface area contributed by atoms with E-state index >= 15 is 0 Å². The van der Waals surface area contributed by atoms with Crippen molar-refractivity contribution < 1.29 is 13.2 Å². The molecule has 1 atom stereocenters. The summed E-state index contributed by atoms with van der Waals surface area (Å²) < 4.78 is 33.5. The fourth-order valence-corrected chi connectivity index (χ4v) is 5.38. The van der Waals surface area contributed by atoms with Gasteiger partial charge in [0, 0.05) is 18.3 Å². The van der Waals surface area contributed by atoms with Crippen molar-refractivity contribution in [1.82, 2.24) is 14.3 Å². The average molecular weight is 487 g/mol. The number of benzene rings is 2. The SMILES string of the molecule is C[C@H](c1ccccc1)N(C)C(=O)c1cc(Cl)ccc1NS(=O)(=O)c1nccc2sncc12. The molecule has 0 spiro atoms. The minimum absolute atomic E-state index is 0.119. The van der Waals surface area contributed by atoms with Gasteiger partial charge in [-0.15, -0.1) is 0 Å². The van der Waals surface area contributed by atoms with Gasteiger partial charge in [0.15, 0.2) is 5.03 Å². The van der Waals surface area contributed by atoms with E-state index in [4.69, 9.17) is 11.6 Å². The molecule has 2 aromatic heterocycles. The number of halogens is 1. The maximum atomic E-state index is 13.3. The quantitative estimate of drug-likeness (QED) is 0.415. The number of carbonyl (C=O) groups excluding carboxylic acids is 1. The Balaban J connectivity index is 1.69. The van der Waals surface area contributed by atoms with Crippen LogP contribution >= 0.6 is 23.1 Å². The number of aromatic nitrogens is 2. The molecule has 164 valence electrons. The first-order valence-corrected chi connectivity index (χ1v) is 12.3. The van der Waals surface area contributed by atoms with Gasteiger partial charge >= 0.3 is 0 Å². The van der Waals surface area contributed by atoms with Gasteiger partial charge in [0.2, 0.25) is 0 Å². The normalized spacial score (nSPS) is 12.5. The molecule has 0 fully saturated rings. The zero-order valence-electron chi connectivity index (χ0n) is 17.2. The van der Waals surface area contributed by atoms with Gasteiger partial charge in [-0.3, -0.25) is 9.52 Å². The van der Waals surface area contributed by atoms with Gasteiger partial charge in [0.25, 0.3) is 15.9 Å².